The Labute approximate surface area is 118 Å². The van der Waals surface area contributed by atoms with Gasteiger partial charge >= 0.3 is 5.97 Å². The molecule has 1 aliphatic carbocycles. The van der Waals surface area contributed by atoms with E-state index in [0.717, 1.165) is 30.2 Å². The second-order valence-corrected chi connectivity index (χ2v) is 6.03. The fraction of sp³-hybridized carbons (Fsp3) is 0.714. The summed E-state index contributed by atoms with van der Waals surface area (Å²) in [6.07, 6.45) is 6.65. The van der Waals surface area contributed by atoms with Gasteiger partial charge in [0.15, 0.2) is 5.13 Å². The van der Waals surface area contributed by atoms with Crippen LogP contribution in [0.2, 0.25) is 0 Å². The van der Waals surface area contributed by atoms with E-state index >= 15 is 0 Å². The van der Waals surface area contributed by atoms with Crippen LogP contribution in [0.3, 0.4) is 0 Å². The quantitative estimate of drug-likeness (QED) is 0.866. The van der Waals surface area contributed by atoms with Gasteiger partial charge in [-0.05, 0) is 26.2 Å². The first-order valence-electron chi connectivity index (χ1n) is 7.17. The SMILES string of the molecule is CCCc1nc(N(CC)C2CCCC2)sc1C(=O)O. The third kappa shape index (κ3) is 3.08. The van der Waals surface area contributed by atoms with Crippen molar-refractivity contribution in [2.24, 2.45) is 0 Å². The van der Waals surface area contributed by atoms with Gasteiger partial charge in [0, 0.05) is 12.6 Å². The maximum absolute atomic E-state index is 11.3. The zero-order valence-corrected chi connectivity index (χ0v) is 12.5. The van der Waals surface area contributed by atoms with Gasteiger partial charge in [-0.3, -0.25) is 0 Å². The topological polar surface area (TPSA) is 53.4 Å². The molecule has 106 valence electrons. The summed E-state index contributed by atoms with van der Waals surface area (Å²) in [5, 5.41) is 10.2. The molecule has 0 amide bonds. The number of thiazole rings is 1. The fourth-order valence-electron chi connectivity index (χ4n) is 2.80. The summed E-state index contributed by atoms with van der Waals surface area (Å²) in [6.45, 7) is 5.08. The van der Waals surface area contributed by atoms with Crippen molar-refractivity contribution in [2.75, 3.05) is 11.4 Å². The van der Waals surface area contributed by atoms with Crippen LogP contribution < -0.4 is 4.90 Å². The molecule has 1 aromatic heterocycles. The highest BCUT2D eigenvalue weighted by Gasteiger charge is 2.26. The van der Waals surface area contributed by atoms with Crippen LogP contribution in [0.4, 0.5) is 5.13 Å². The van der Waals surface area contributed by atoms with E-state index < -0.39 is 5.97 Å². The summed E-state index contributed by atoms with van der Waals surface area (Å²) in [5.41, 5.74) is 0.756. The monoisotopic (exact) mass is 282 g/mol. The van der Waals surface area contributed by atoms with Gasteiger partial charge in [-0.1, -0.05) is 37.5 Å². The molecular formula is C14H22N2O2S. The summed E-state index contributed by atoms with van der Waals surface area (Å²) < 4.78 is 0. The molecule has 1 saturated carbocycles. The number of aromatic carboxylic acids is 1. The third-order valence-electron chi connectivity index (χ3n) is 3.72. The van der Waals surface area contributed by atoms with E-state index in [1.54, 1.807) is 0 Å². The highest BCUT2D eigenvalue weighted by Crippen LogP contribution is 2.33. The first-order chi connectivity index (χ1) is 9.17. The van der Waals surface area contributed by atoms with Gasteiger partial charge in [-0.2, -0.15) is 0 Å². The van der Waals surface area contributed by atoms with E-state index in [-0.39, 0.29) is 0 Å². The second-order valence-electron chi connectivity index (χ2n) is 5.05. The van der Waals surface area contributed by atoms with Gasteiger partial charge in [-0.15, -0.1) is 0 Å². The minimum absolute atomic E-state index is 0.424. The standard InChI is InChI=1S/C14H22N2O2S/c1-3-7-11-12(13(17)18)19-14(15-11)16(4-2)10-8-5-6-9-10/h10H,3-9H2,1-2H3,(H,17,18). The first kappa shape index (κ1) is 14.3. The highest BCUT2D eigenvalue weighted by molar-refractivity contribution is 7.17. The van der Waals surface area contributed by atoms with Gasteiger partial charge in [0.05, 0.1) is 5.69 Å². The van der Waals surface area contributed by atoms with Crippen LogP contribution in [-0.4, -0.2) is 28.6 Å². The normalized spacial score (nSPS) is 15.9. The minimum Gasteiger partial charge on any atom is -0.477 e. The Morgan fingerprint density at radius 3 is 2.63 bits per heavy atom. The average Bonchev–Trinajstić information content (AvgIpc) is 3.01. The van der Waals surface area contributed by atoms with Gasteiger partial charge in [0.25, 0.3) is 0 Å². The smallest absolute Gasteiger partial charge is 0.347 e. The summed E-state index contributed by atoms with van der Waals surface area (Å²) in [7, 11) is 0. The lowest BCUT2D eigenvalue weighted by molar-refractivity contribution is 0.0700. The summed E-state index contributed by atoms with van der Waals surface area (Å²) in [4.78, 5) is 18.6. The number of nitrogens with zero attached hydrogens (tertiary/aromatic N) is 2. The Kier molecular flexibility index (Phi) is 4.80. The van der Waals surface area contributed by atoms with Crippen LogP contribution >= 0.6 is 11.3 Å². The minimum atomic E-state index is -0.838. The van der Waals surface area contributed by atoms with Crippen LogP contribution in [0.25, 0.3) is 0 Å². The summed E-state index contributed by atoms with van der Waals surface area (Å²) >= 11 is 1.34. The molecule has 0 aromatic carbocycles. The van der Waals surface area contributed by atoms with E-state index in [4.69, 9.17) is 0 Å². The van der Waals surface area contributed by atoms with Crippen LogP contribution in [0.15, 0.2) is 0 Å². The Balaban J connectivity index is 2.26. The molecule has 4 nitrogen and oxygen atoms in total. The molecule has 19 heavy (non-hydrogen) atoms. The number of carbonyl (C=O) groups is 1. The Hall–Kier alpha value is -1.10. The number of carboxylic acid groups (broad SMARTS) is 1. The molecule has 1 heterocycles. The molecule has 0 aliphatic heterocycles. The van der Waals surface area contributed by atoms with Crippen LogP contribution in [0, 0.1) is 0 Å². The van der Waals surface area contributed by atoms with E-state index in [0.29, 0.717) is 10.9 Å². The van der Waals surface area contributed by atoms with Crippen molar-refractivity contribution in [1.29, 1.82) is 0 Å². The number of aromatic nitrogens is 1. The van der Waals surface area contributed by atoms with Crippen molar-refractivity contribution in [3.63, 3.8) is 0 Å². The molecule has 5 heteroatoms. The molecule has 1 aromatic rings. The molecule has 2 rings (SSSR count). The van der Waals surface area contributed by atoms with E-state index in [1.165, 1.54) is 37.0 Å². The maximum Gasteiger partial charge on any atom is 0.347 e. The van der Waals surface area contributed by atoms with Crippen molar-refractivity contribution in [3.8, 4) is 0 Å². The van der Waals surface area contributed by atoms with Crippen molar-refractivity contribution in [1.82, 2.24) is 4.98 Å². The zero-order chi connectivity index (χ0) is 13.8. The lowest BCUT2D eigenvalue weighted by Gasteiger charge is -2.26. The molecule has 0 radical (unpaired) electrons. The van der Waals surface area contributed by atoms with Crippen molar-refractivity contribution < 1.29 is 9.90 Å². The predicted octanol–water partition coefficient (Wildman–Crippen LogP) is 3.56. The van der Waals surface area contributed by atoms with Gasteiger partial charge in [0.1, 0.15) is 4.88 Å². The van der Waals surface area contributed by atoms with E-state index in [1.807, 2.05) is 0 Å². The molecule has 1 aliphatic rings. The summed E-state index contributed by atoms with van der Waals surface area (Å²) in [6, 6.07) is 0.548. The molecule has 1 fully saturated rings. The lowest BCUT2D eigenvalue weighted by atomic mass is 10.2. The predicted molar refractivity (Wildman–Crippen MR) is 78.3 cm³/mol. The Morgan fingerprint density at radius 2 is 2.11 bits per heavy atom. The van der Waals surface area contributed by atoms with Gasteiger partial charge < -0.3 is 10.0 Å². The fourth-order valence-corrected chi connectivity index (χ4v) is 3.89. The van der Waals surface area contributed by atoms with Crippen molar-refractivity contribution >= 4 is 22.4 Å². The number of hydrogen-bond acceptors (Lipinski definition) is 4. The molecular weight excluding hydrogens is 260 g/mol. The van der Waals surface area contributed by atoms with Crippen LogP contribution in [0.1, 0.15) is 61.3 Å². The molecule has 0 atom stereocenters. The van der Waals surface area contributed by atoms with Crippen molar-refractivity contribution in [3.05, 3.63) is 10.6 Å². The number of anilines is 1. The number of aryl methyl sites for hydroxylation is 1. The second kappa shape index (κ2) is 6.37. The third-order valence-corrected chi connectivity index (χ3v) is 4.84. The number of carboxylic acids is 1. The Bertz CT molecular complexity index is 439. The molecule has 0 unspecified atom stereocenters. The average molecular weight is 282 g/mol. The maximum atomic E-state index is 11.3. The van der Waals surface area contributed by atoms with E-state index in [2.05, 4.69) is 23.7 Å². The largest absolute Gasteiger partial charge is 0.477 e. The number of rotatable bonds is 6. The lowest BCUT2D eigenvalue weighted by Crippen LogP contribution is -2.32. The highest BCUT2D eigenvalue weighted by atomic mass is 32.1. The van der Waals surface area contributed by atoms with Crippen LogP contribution in [-0.2, 0) is 6.42 Å². The molecule has 0 saturated heterocycles. The van der Waals surface area contributed by atoms with E-state index in [9.17, 15) is 9.90 Å². The zero-order valence-electron chi connectivity index (χ0n) is 11.7. The molecule has 0 bridgehead atoms. The summed E-state index contributed by atoms with van der Waals surface area (Å²) in [5.74, 6) is -0.838. The first-order valence-corrected chi connectivity index (χ1v) is 7.98. The van der Waals surface area contributed by atoms with Gasteiger partial charge in [0.2, 0.25) is 0 Å². The molecule has 1 N–H and O–H groups in total. The van der Waals surface area contributed by atoms with Crippen molar-refractivity contribution in [2.45, 2.75) is 58.4 Å². The number of hydrogen-bond donors (Lipinski definition) is 1. The Morgan fingerprint density at radius 1 is 1.42 bits per heavy atom. The van der Waals surface area contributed by atoms with Gasteiger partial charge in [-0.25, -0.2) is 9.78 Å². The van der Waals surface area contributed by atoms with Crippen LogP contribution in [0.5, 0.6) is 0 Å². The molecule has 0 spiro atoms.